The molecule has 286 valence electrons. The predicted octanol–water partition coefficient (Wildman–Crippen LogP) is 9.64. The fourth-order valence-corrected chi connectivity index (χ4v) is 8.80. The molecule has 0 atom stereocenters. The summed E-state index contributed by atoms with van der Waals surface area (Å²) in [5.41, 5.74) is 5.13. The third kappa shape index (κ3) is 9.36. The van der Waals surface area contributed by atoms with Gasteiger partial charge in [-0.2, -0.15) is 0 Å². The maximum absolute atomic E-state index is 14.3. The van der Waals surface area contributed by atoms with E-state index in [1.54, 1.807) is 43.3 Å². The monoisotopic (exact) mass is 766 g/mol. The molecule has 0 radical (unpaired) electrons. The third-order valence-corrected chi connectivity index (χ3v) is 12.0. The SMILES string of the molecule is Cc1ccc2ccccc2c1S(=O)(=O)NCC(=O)N(Cc1ccc(C2CCCCC2)cc1)c1ccc(C(=O)OCc2ccccc2)c(OCc2ccccc2)c1. The fraction of sp³-hybridized carbons (Fsp3) is 0.234. The molecule has 0 unspecified atom stereocenters. The van der Waals surface area contributed by atoms with E-state index in [1.165, 1.54) is 42.6 Å². The number of aryl methyl sites for hydroxylation is 1. The first-order valence-corrected chi connectivity index (χ1v) is 20.6. The number of carbonyl (C=O) groups is 2. The first kappa shape index (κ1) is 38.5. The fourth-order valence-electron chi connectivity index (χ4n) is 7.37. The quantitative estimate of drug-likeness (QED) is 0.111. The van der Waals surface area contributed by atoms with Crippen LogP contribution in [0.2, 0.25) is 0 Å². The number of hydrogen-bond acceptors (Lipinski definition) is 6. The number of rotatable bonds is 14. The molecule has 0 aromatic heterocycles. The van der Waals surface area contributed by atoms with E-state index in [4.69, 9.17) is 9.47 Å². The van der Waals surface area contributed by atoms with Gasteiger partial charge in [-0.3, -0.25) is 4.79 Å². The zero-order valence-corrected chi connectivity index (χ0v) is 32.3. The molecular weight excluding hydrogens is 721 g/mol. The first-order valence-electron chi connectivity index (χ1n) is 19.1. The predicted molar refractivity (Wildman–Crippen MR) is 220 cm³/mol. The summed E-state index contributed by atoms with van der Waals surface area (Å²) in [7, 11) is -4.10. The number of ether oxygens (including phenoxy) is 2. The van der Waals surface area contributed by atoms with Crippen molar-refractivity contribution >= 4 is 38.4 Å². The van der Waals surface area contributed by atoms with Gasteiger partial charge in [0.15, 0.2) is 0 Å². The van der Waals surface area contributed by atoms with E-state index in [-0.39, 0.29) is 36.0 Å². The molecule has 9 heteroatoms. The van der Waals surface area contributed by atoms with Crippen molar-refractivity contribution in [2.75, 3.05) is 11.4 Å². The number of nitrogens with one attached hydrogen (secondary N) is 1. The molecule has 1 saturated carbocycles. The number of esters is 1. The maximum atomic E-state index is 14.3. The van der Waals surface area contributed by atoms with Crippen molar-refractivity contribution in [1.82, 2.24) is 4.72 Å². The largest absolute Gasteiger partial charge is 0.488 e. The zero-order chi connectivity index (χ0) is 38.9. The zero-order valence-electron chi connectivity index (χ0n) is 31.5. The number of nitrogens with zero attached hydrogens (tertiary/aromatic N) is 1. The summed E-state index contributed by atoms with van der Waals surface area (Å²) >= 11 is 0. The van der Waals surface area contributed by atoms with Gasteiger partial charge in [-0.15, -0.1) is 0 Å². The second-order valence-corrected chi connectivity index (χ2v) is 16.0. The Hall–Kier alpha value is -5.77. The average Bonchev–Trinajstić information content (AvgIpc) is 3.24. The Labute approximate surface area is 329 Å². The molecule has 56 heavy (non-hydrogen) atoms. The molecule has 1 fully saturated rings. The number of fused-ring (bicyclic) bond motifs is 1. The highest BCUT2D eigenvalue weighted by molar-refractivity contribution is 7.89. The average molecular weight is 767 g/mol. The molecule has 1 amide bonds. The van der Waals surface area contributed by atoms with Gasteiger partial charge in [0.2, 0.25) is 15.9 Å². The van der Waals surface area contributed by atoms with Crippen molar-refractivity contribution < 1.29 is 27.5 Å². The van der Waals surface area contributed by atoms with E-state index in [0.717, 1.165) is 22.1 Å². The van der Waals surface area contributed by atoms with Crippen molar-refractivity contribution in [1.29, 1.82) is 0 Å². The van der Waals surface area contributed by atoms with Crippen molar-refractivity contribution in [3.63, 3.8) is 0 Å². The minimum absolute atomic E-state index is 0.0807. The molecule has 1 N–H and O–H groups in total. The van der Waals surface area contributed by atoms with Crippen molar-refractivity contribution in [2.45, 2.75) is 69.6 Å². The molecule has 7 rings (SSSR count). The Bertz CT molecular complexity index is 2390. The molecule has 8 nitrogen and oxygen atoms in total. The number of hydrogen-bond donors (Lipinski definition) is 1. The molecule has 1 aliphatic carbocycles. The van der Waals surface area contributed by atoms with Crippen LogP contribution in [0.25, 0.3) is 10.8 Å². The van der Waals surface area contributed by atoms with Crippen LogP contribution in [0.1, 0.15) is 76.2 Å². The highest BCUT2D eigenvalue weighted by Crippen LogP contribution is 2.34. The van der Waals surface area contributed by atoms with Gasteiger partial charge in [0, 0.05) is 17.1 Å². The van der Waals surface area contributed by atoms with Crippen LogP contribution < -0.4 is 14.4 Å². The summed E-state index contributed by atoms with van der Waals surface area (Å²) in [5, 5.41) is 1.37. The van der Waals surface area contributed by atoms with Crippen molar-refractivity contribution in [3.8, 4) is 5.75 Å². The first-order chi connectivity index (χ1) is 27.2. The molecule has 6 aromatic rings. The van der Waals surface area contributed by atoms with Crippen LogP contribution in [0.5, 0.6) is 5.75 Å². The second kappa shape index (κ2) is 17.8. The minimum atomic E-state index is -4.10. The van der Waals surface area contributed by atoms with Gasteiger partial charge in [0.1, 0.15) is 24.5 Å². The highest BCUT2D eigenvalue weighted by atomic mass is 32.2. The normalized spacial score (nSPS) is 13.3. The van der Waals surface area contributed by atoms with Crippen LogP contribution >= 0.6 is 0 Å². The second-order valence-electron chi connectivity index (χ2n) is 14.3. The van der Waals surface area contributed by atoms with Gasteiger partial charge in [-0.25, -0.2) is 17.9 Å². The van der Waals surface area contributed by atoms with E-state index in [1.807, 2.05) is 91.0 Å². The Kier molecular flexibility index (Phi) is 12.2. The molecule has 0 aliphatic heterocycles. The van der Waals surface area contributed by atoms with Crippen LogP contribution in [-0.2, 0) is 39.3 Å². The van der Waals surface area contributed by atoms with E-state index < -0.39 is 28.4 Å². The van der Waals surface area contributed by atoms with E-state index in [9.17, 15) is 18.0 Å². The Morgan fingerprint density at radius 2 is 1.38 bits per heavy atom. The van der Waals surface area contributed by atoms with Gasteiger partial charge >= 0.3 is 5.97 Å². The van der Waals surface area contributed by atoms with E-state index in [2.05, 4.69) is 16.9 Å². The lowest BCUT2D eigenvalue weighted by Gasteiger charge is -2.26. The molecule has 0 saturated heterocycles. The van der Waals surface area contributed by atoms with Gasteiger partial charge in [0.05, 0.1) is 18.0 Å². The number of anilines is 1. The number of carbonyl (C=O) groups excluding carboxylic acids is 2. The van der Waals surface area contributed by atoms with E-state index in [0.29, 0.717) is 22.6 Å². The molecular formula is C47H46N2O6S. The Morgan fingerprint density at radius 1 is 0.714 bits per heavy atom. The number of amides is 1. The van der Waals surface area contributed by atoms with Crippen LogP contribution in [0.15, 0.2) is 144 Å². The molecule has 0 bridgehead atoms. The highest BCUT2D eigenvalue weighted by Gasteiger charge is 2.26. The van der Waals surface area contributed by atoms with E-state index >= 15 is 0 Å². The number of benzene rings is 6. The molecule has 0 heterocycles. The van der Waals surface area contributed by atoms with Gasteiger partial charge in [-0.05, 0) is 71.0 Å². The topological polar surface area (TPSA) is 102 Å². The van der Waals surface area contributed by atoms with Crippen LogP contribution in [0, 0.1) is 6.92 Å². The van der Waals surface area contributed by atoms with Gasteiger partial charge in [0.25, 0.3) is 0 Å². The summed E-state index contributed by atoms with van der Waals surface area (Å²) in [6.07, 6.45) is 6.08. The van der Waals surface area contributed by atoms with Gasteiger partial charge in [-0.1, -0.05) is 141 Å². The summed E-state index contributed by atoms with van der Waals surface area (Å²) in [6, 6.07) is 43.2. The Morgan fingerprint density at radius 3 is 2.09 bits per heavy atom. The van der Waals surface area contributed by atoms with Crippen molar-refractivity contribution in [3.05, 3.63) is 173 Å². The summed E-state index contributed by atoms with van der Waals surface area (Å²) in [5.74, 6) is -0.281. The summed E-state index contributed by atoms with van der Waals surface area (Å²) in [4.78, 5) is 29.5. The van der Waals surface area contributed by atoms with Crippen LogP contribution in [0.4, 0.5) is 5.69 Å². The lowest BCUT2D eigenvalue weighted by atomic mass is 9.84. The lowest BCUT2D eigenvalue weighted by molar-refractivity contribution is -0.117. The van der Waals surface area contributed by atoms with Crippen LogP contribution in [0.3, 0.4) is 0 Å². The maximum Gasteiger partial charge on any atom is 0.342 e. The number of sulfonamides is 1. The van der Waals surface area contributed by atoms with Crippen LogP contribution in [-0.4, -0.2) is 26.8 Å². The third-order valence-electron chi connectivity index (χ3n) is 10.4. The lowest BCUT2D eigenvalue weighted by Crippen LogP contribution is -2.40. The molecule has 6 aromatic carbocycles. The van der Waals surface area contributed by atoms with Gasteiger partial charge < -0.3 is 14.4 Å². The summed E-state index contributed by atoms with van der Waals surface area (Å²) < 4.78 is 42.3. The smallest absolute Gasteiger partial charge is 0.342 e. The van der Waals surface area contributed by atoms with Crippen molar-refractivity contribution in [2.24, 2.45) is 0 Å². The minimum Gasteiger partial charge on any atom is -0.488 e. The molecule has 1 aliphatic rings. The molecule has 0 spiro atoms. The summed E-state index contributed by atoms with van der Waals surface area (Å²) in [6.45, 7) is 1.66. The Balaban J connectivity index is 1.20. The standard InChI is InChI=1S/C47H46N2O6S/c1-34-21-24-40-19-11-12-20-42(40)46(34)56(52,53)48-30-45(50)49(31-35-22-25-39(26-23-35)38-17-9-4-10-18-38)41-27-28-43(47(51)55-33-37-15-7-3-8-16-37)44(29-41)54-32-36-13-5-2-6-14-36/h2-3,5-8,11-16,19-29,38,48H,4,9-10,17-18,30-33H2,1H3.